The van der Waals surface area contributed by atoms with Crippen molar-refractivity contribution in [2.75, 3.05) is 5.32 Å². The smallest absolute Gasteiger partial charge is 0.249 e. The first-order valence-corrected chi connectivity index (χ1v) is 6.06. The molecule has 3 rings (SSSR count). The Kier molecular flexibility index (Phi) is 2.66. The van der Waals surface area contributed by atoms with Crippen LogP contribution in [0.15, 0.2) is 18.2 Å². The molecule has 0 saturated carbocycles. The van der Waals surface area contributed by atoms with Crippen LogP contribution < -0.4 is 10.6 Å². The average Bonchev–Trinajstić information content (AvgIpc) is 2.77. The van der Waals surface area contributed by atoms with E-state index in [1.807, 2.05) is 25.1 Å². The summed E-state index contributed by atoms with van der Waals surface area (Å²) in [6, 6.07) is 5.21. The maximum absolute atomic E-state index is 11.6. The van der Waals surface area contributed by atoms with E-state index in [-0.39, 0.29) is 11.8 Å². The molecule has 2 aromatic rings. The van der Waals surface area contributed by atoms with E-state index in [2.05, 4.69) is 20.7 Å². The number of aryl methyl sites for hydroxylation is 1. The molecule has 0 aromatic carbocycles. The van der Waals surface area contributed by atoms with Gasteiger partial charge in [0.05, 0.1) is 0 Å². The highest BCUT2D eigenvalue weighted by Gasteiger charge is 2.27. The molecule has 7 nitrogen and oxygen atoms in total. The van der Waals surface area contributed by atoms with Crippen LogP contribution in [0.4, 0.5) is 5.95 Å². The van der Waals surface area contributed by atoms with Gasteiger partial charge in [0.25, 0.3) is 0 Å². The molecule has 0 aliphatic carbocycles. The Morgan fingerprint density at radius 3 is 3.00 bits per heavy atom. The van der Waals surface area contributed by atoms with Crippen LogP contribution in [0.1, 0.15) is 18.5 Å². The number of carbonyl (C=O) groups is 2. The number of amides is 2. The molecule has 1 atom stereocenters. The van der Waals surface area contributed by atoms with Gasteiger partial charge in [-0.1, -0.05) is 6.07 Å². The molecule has 19 heavy (non-hydrogen) atoms. The molecule has 0 spiro atoms. The van der Waals surface area contributed by atoms with Crippen LogP contribution >= 0.6 is 0 Å². The maximum Gasteiger partial charge on any atom is 0.249 e. The fourth-order valence-electron chi connectivity index (χ4n) is 2.08. The van der Waals surface area contributed by atoms with Gasteiger partial charge in [-0.2, -0.15) is 4.98 Å². The Morgan fingerprint density at radius 2 is 2.26 bits per heavy atom. The number of hydrogen-bond donors (Lipinski definition) is 2. The summed E-state index contributed by atoms with van der Waals surface area (Å²) in [5.41, 5.74) is 1.68. The molecule has 1 saturated heterocycles. The number of nitrogens with one attached hydrogen (secondary N) is 2. The summed E-state index contributed by atoms with van der Waals surface area (Å²) in [7, 11) is 0. The van der Waals surface area contributed by atoms with E-state index in [0.717, 1.165) is 11.3 Å². The highest BCUT2D eigenvalue weighted by atomic mass is 16.2. The zero-order chi connectivity index (χ0) is 13.4. The lowest BCUT2D eigenvalue weighted by atomic mass is 10.1. The largest absolute Gasteiger partial charge is 0.341 e. The summed E-state index contributed by atoms with van der Waals surface area (Å²) in [6.07, 6.45) is 0.787. The second-order valence-corrected chi connectivity index (χ2v) is 4.52. The molecule has 2 amide bonds. The van der Waals surface area contributed by atoms with Crippen molar-refractivity contribution < 1.29 is 9.59 Å². The van der Waals surface area contributed by atoms with Crippen molar-refractivity contribution in [1.29, 1.82) is 0 Å². The van der Waals surface area contributed by atoms with Gasteiger partial charge in [0, 0.05) is 12.1 Å². The minimum Gasteiger partial charge on any atom is -0.341 e. The fraction of sp³-hybridized carbons (Fsp3) is 0.333. The lowest BCUT2D eigenvalue weighted by Gasteiger charge is -2.20. The minimum atomic E-state index is -0.463. The molecule has 3 heterocycles. The second kappa shape index (κ2) is 4.34. The predicted octanol–water partition coefficient (Wildman–Crippen LogP) is 0.255. The molecule has 2 aromatic heterocycles. The quantitative estimate of drug-likeness (QED) is 0.755. The van der Waals surface area contributed by atoms with Gasteiger partial charge < -0.3 is 5.32 Å². The number of anilines is 1. The van der Waals surface area contributed by atoms with E-state index in [4.69, 9.17) is 0 Å². The Labute approximate surface area is 109 Å². The zero-order valence-corrected chi connectivity index (χ0v) is 10.4. The van der Waals surface area contributed by atoms with Crippen molar-refractivity contribution in [2.45, 2.75) is 25.8 Å². The normalized spacial score (nSPS) is 19.5. The summed E-state index contributed by atoms with van der Waals surface area (Å²) >= 11 is 0. The Morgan fingerprint density at radius 1 is 1.42 bits per heavy atom. The van der Waals surface area contributed by atoms with Crippen molar-refractivity contribution in [2.24, 2.45) is 0 Å². The third kappa shape index (κ3) is 2.14. The fourth-order valence-corrected chi connectivity index (χ4v) is 2.08. The number of imide groups is 1. The summed E-state index contributed by atoms with van der Waals surface area (Å²) in [5.74, 6) is -0.169. The number of rotatable bonds is 2. The number of fused-ring (bicyclic) bond motifs is 1. The van der Waals surface area contributed by atoms with Crippen LogP contribution in [-0.4, -0.2) is 32.5 Å². The highest BCUT2D eigenvalue weighted by Crippen LogP contribution is 2.12. The van der Waals surface area contributed by atoms with E-state index in [1.54, 1.807) is 4.52 Å². The van der Waals surface area contributed by atoms with Crippen molar-refractivity contribution in [3.05, 3.63) is 23.9 Å². The van der Waals surface area contributed by atoms with Crippen LogP contribution in [0.3, 0.4) is 0 Å². The third-order valence-electron chi connectivity index (χ3n) is 3.09. The van der Waals surface area contributed by atoms with E-state index in [9.17, 15) is 9.59 Å². The van der Waals surface area contributed by atoms with Crippen molar-refractivity contribution in [1.82, 2.24) is 19.9 Å². The molecule has 0 radical (unpaired) electrons. The summed E-state index contributed by atoms with van der Waals surface area (Å²) in [4.78, 5) is 27.0. The van der Waals surface area contributed by atoms with Crippen LogP contribution in [0.25, 0.3) is 5.65 Å². The highest BCUT2D eigenvalue weighted by molar-refractivity contribution is 6.01. The van der Waals surface area contributed by atoms with Gasteiger partial charge in [0.1, 0.15) is 6.04 Å². The predicted molar refractivity (Wildman–Crippen MR) is 67.5 cm³/mol. The van der Waals surface area contributed by atoms with Crippen molar-refractivity contribution in [3.63, 3.8) is 0 Å². The van der Waals surface area contributed by atoms with Crippen molar-refractivity contribution in [3.8, 4) is 0 Å². The van der Waals surface area contributed by atoms with Gasteiger partial charge in [-0.3, -0.25) is 14.9 Å². The number of hydrogen-bond acceptors (Lipinski definition) is 5. The van der Waals surface area contributed by atoms with Gasteiger partial charge in [-0.25, -0.2) is 4.52 Å². The third-order valence-corrected chi connectivity index (χ3v) is 3.09. The van der Waals surface area contributed by atoms with Gasteiger partial charge >= 0.3 is 0 Å². The van der Waals surface area contributed by atoms with Crippen LogP contribution in [0, 0.1) is 6.92 Å². The first kappa shape index (κ1) is 11.6. The number of aromatic nitrogens is 3. The number of piperidine rings is 1. The Balaban J connectivity index is 1.83. The number of carbonyl (C=O) groups excluding carboxylic acids is 2. The maximum atomic E-state index is 11.6. The van der Waals surface area contributed by atoms with E-state index in [0.29, 0.717) is 18.8 Å². The zero-order valence-electron chi connectivity index (χ0n) is 10.4. The van der Waals surface area contributed by atoms with Gasteiger partial charge in [0.2, 0.25) is 17.8 Å². The number of nitrogens with zero attached hydrogens (tertiary/aromatic N) is 3. The molecule has 98 valence electrons. The summed E-state index contributed by atoms with van der Waals surface area (Å²) in [5, 5.41) is 9.54. The first-order valence-electron chi connectivity index (χ1n) is 6.06. The molecule has 1 aliphatic heterocycles. The SMILES string of the molecule is Cc1cccc2nc(NC3CCC(=O)NC3=O)nn12. The lowest BCUT2D eigenvalue weighted by molar-refractivity contribution is -0.133. The molecule has 0 bridgehead atoms. The Hall–Kier alpha value is -2.44. The molecular weight excluding hydrogens is 246 g/mol. The lowest BCUT2D eigenvalue weighted by Crippen LogP contribution is -2.47. The van der Waals surface area contributed by atoms with Crippen LogP contribution in [0.5, 0.6) is 0 Å². The molecule has 1 aliphatic rings. The molecule has 1 fully saturated rings. The topological polar surface area (TPSA) is 88.4 Å². The Bertz CT molecular complexity index is 663. The summed E-state index contributed by atoms with van der Waals surface area (Å²) in [6.45, 7) is 1.93. The number of pyridine rings is 1. The van der Waals surface area contributed by atoms with Crippen LogP contribution in [0.2, 0.25) is 0 Å². The standard InChI is InChI=1S/C12H13N5O2/c1-7-3-2-4-9-14-12(16-17(7)9)13-8-5-6-10(18)15-11(8)19/h2-4,8H,5-6H2,1H3,(H,13,16)(H,15,18,19). The van der Waals surface area contributed by atoms with Gasteiger partial charge in [-0.05, 0) is 25.5 Å². The average molecular weight is 259 g/mol. The summed E-state index contributed by atoms with van der Waals surface area (Å²) < 4.78 is 1.70. The molecule has 2 N–H and O–H groups in total. The van der Waals surface area contributed by atoms with Crippen molar-refractivity contribution >= 4 is 23.4 Å². The van der Waals surface area contributed by atoms with E-state index in [1.165, 1.54) is 0 Å². The molecule has 7 heteroatoms. The monoisotopic (exact) mass is 259 g/mol. The first-order chi connectivity index (χ1) is 9.13. The van der Waals surface area contributed by atoms with Gasteiger partial charge in [-0.15, -0.1) is 5.10 Å². The van der Waals surface area contributed by atoms with E-state index >= 15 is 0 Å². The minimum absolute atomic E-state index is 0.234. The second-order valence-electron chi connectivity index (χ2n) is 4.52. The molecule has 1 unspecified atom stereocenters. The van der Waals surface area contributed by atoms with E-state index < -0.39 is 6.04 Å². The van der Waals surface area contributed by atoms with Crippen LogP contribution in [-0.2, 0) is 9.59 Å². The molecular formula is C12H13N5O2. The van der Waals surface area contributed by atoms with Gasteiger partial charge in [0.15, 0.2) is 5.65 Å².